The number of benzene rings is 2. The first kappa shape index (κ1) is 28.9. The van der Waals surface area contributed by atoms with Gasteiger partial charge in [0.15, 0.2) is 4.90 Å². The zero-order valence-corrected chi connectivity index (χ0v) is 23.3. The van der Waals surface area contributed by atoms with Crippen LogP contribution in [-0.4, -0.2) is 38.1 Å². The molecule has 1 fully saturated rings. The number of carbonyl (C=O) groups is 1. The van der Waals surface area contributed by atoms with Crippen LogP contribution in [0.15, 0.2) is 76.6 Å². The molecule has 3 N–H and O–H groups in total. The number of aromatic nitrogens is 1. The maximum atomic E-state index is 13.6. The summed E-state index contributed by atoms with van der Waals surface area (Å²) < 4.78 is 57.4. The lowest BCUT2D eigenvalue weighted by atomic mass is 9.99. The lowest BCUT2D eigenvalue weighted by Gasteiger charge is -2.24. The van der Waals surface area contributed by atoms with Crippen molar-refractivity contribution >= 4 is 17.3 Å². The molecule has 4 atom stereocenters. The molecule has 0 bridgehead atoms. The molecule has 1 aliphatic heterocycles. The highest BCUT2D eigenvalue weighted by Gasteiger charge is 2.45. The first-order valence-corrected chi connectivity index (χ1v) is 14.3. The SMILES string of the molecule is CN/C=C(\N=N)C1C[C@H]1c1c(C(=O)O)ccn1-c1cccc(CN2C[C@@H](C)Cc3ccc(C(F)(F)F)cc3[S+]2[O-])c1. The second kappa shape index (κ2) is 11.3. The summed E-state index contributed by atoms with van der Waals surface area (Å²) in [5.41, 5.74) is 10.2. The first-order chi connectivity index (χ1) is 19.5. The van der Waals surface area contributed by atoms with Gasteiger partial charge in [-0.15, -0.1) is 4.31 Å². The summed E-state index contributed by atoms with van der Waals surface area (Å²) in [5.74, 6) is -1.19. The van der Waals surface area contributed by atoms with Crippen LogP contribution < -0.4 is 5.32 Å². The number of carboxylic acids is 1. The standard InChI is InChI=1S/C29H30F3N5O3S/c1-17-10-19-6-7-20(29(30,31)32)12-26(19)41(40)36(15-17)16-18-4-3-5-21(11-18)37-9-8-22(28(38)39)27(37)24-13-23(24)25(35-33)14-34-2/h3-9,11-12,14,17,23-24,33-34H,10,13,15-16H2,1-2H3,(H,38,39)/b25-14-,35-33?/t17-,23?,24+,41?/m0/s1. The molecule has 2 aliphatic rings. The van der Waals surface area contributed by atoms with E-state index in [2.05, 4.69) is 10.4 Å². The van der Waals surface area contributed by atoms with Gasteiger partial charge in [-0.2, -0.15) is 18.3 Å². The van der Waals surface area contributed by atoms with Crippen molar-refractivity contribution in [2.75, 3.05) is 13.6 Å². The molecule has 2 heterocycles. The number of hydrogen-bond acceptors (Lipinski definition) is 6. The van der Waals surface area contributed by atoms with Crippen molar-refractivity contribution in [3.8, 4) is 5.69 Å². The summed E-state index contributed by atoms with van der Waals surface area (Å²) in [7, 11) is 1.71. The highest BCUT2D eigenvalue weighted by molar-refractivity contribution is 7.89. The number of aromatic carboxylic acids is 1. The van der Waals surface area contributed by atoms with E-state index in [0.29, 0.717) is 42.0 Å². The van der Waals surface area contributed by atoms with E-state index in [4.69, 9.17) is 5.53 Å². The molecule has 2 aromatic carbocycles. The molecule has 5 rings (SSSR count). The molecule has 1 aliphatic carbocycles. The van der Waals surface area contributed by atoms with Gasteiger partial charge in [0.25, 0.3) is 0 Å². The van der Waals surface area contributed by atoms with E-state index in [1.165, 1.54) is 6.07 Å². The molecule has 1 saturated carbocycles. The predicted octanol–water partition coefficient (Wildman–Crippen LogP) is 6.11. The zero-order valence-electron chi connectivity index (χ0n) is 22.5. The van der Waals surface area contributed by atoms with Gasteiger partial charge in [0, 0.05) is 60.8 Å². The Labute approximate surface area is 238 Å². The van der Waals surface area contributed by atoms with E-state index in [1.807, 2.05) is 35.8 Å². The van der Waals surface area contributed by atoms with Crippen LogP contribution in [0.3, 0.4) is 0 Å². The highest BCUT2D eigenvalue weighted by Crippen LogP contribution is 2.53. The summed E-state index contributed by atoms with van der Waals surface area (Å²) in [6.07, 6.45) is -0.00225. The number of rotatable bonds is 8. The van der Waals surface area contributed by atoms with Gasteiger partial charge in [-0.25, -0.2) is 10.3 Å². The van der Waals surface area contributed by atoms with Crippen molar-refractivity contribution in [3.63, 3.8) is 0 Å². The average Bonchev–Trinajstić information content (AvgIpc) is 3.60. The monoisotopic (exact) mass is 585 g/mol. The van der Waals surface area contributed by atoms with E-state index in [-0.39, 0.29) is 34.8 Å². The fraction of sp³-hybridized carbons (Fsp3) is 0.345. The molecule has 0 radical (unpaired) electrons. The molecular formula is C29H30F3N5O3S. The van der Waals surface area contributed by atoms with Crippen LogP contribution in [0, 0.1) is 17.4 Å². The Hall–Kier alpha value is -3.61. The van der Waals surface area contributed by atoms with Crippen LogP contribution in [0.1, 0.15) is 52.0 Å². The highest BCUT2D eigenvalue weighted by atomic mass is 32.2. The van der Waals surface area contributed by atoms with Crippen LogP contribution in [-0.2, 0) is 30.5 Å². The minimum absolute atomic E-state index is 0.0726. The zero-order chi connectivity index (χ0) is 29.5. The van der Waals surface area contributed by atoms with Gasteiger partial charge in [-0.3, -0.25) is 0 Å². The van der Waals surface area contributed by atoms with Gasteiger partial charge in [-0.1, -0.05) is 25.1 Å². The fourth-order valence-corrected chi connectivity index (χ4v) is 7.15. The van der Waals surface area contributed by atoms with E-state index in [0.717, 1.165) is 17.7 Å². The second-order valence-corrected chi connectivity index (χ2v) is 12.0. The van der Waals surface area contributed by atoms with Crippen LogP contribution >= 0.6 is 0 Å². The number of nitrogens with zero attached hydrogens (tertiary/aromatic N) is 3. The largest absolute Gasteiger partial charge is 0.593 e. The number of nitrogens with one attached hydrogen (secondary N) is 2. The molecule has 1 aromatic heterocycles. The summed E-state index contributed by atoms with van der Waals surface area (Å²) in [6.45, 7) is 2.66. The van der Waals surface area contributed by atoms with Crippen LogP contribution in [0.2, 0.25) is 0 Å². The Bertz CT molecular complexity index is 1510. The molecule has 0 amide bonds. The summed E-state index contributed by atoms with van der Waals surface area (Å²) >= 11 is -1.80. The summed E-state index contributed by atoms with van der Waals surface area (Å²) in [4.78, 5) is 12.3. The Morgan fingerprint density at radius 2 is 2.05 bits per heavy atom. The quantitative estimate of drug-likeness (QED) is 0.218. The molecular weight excluding hydrogens is 555 g/mol. The number of allylic oxidation sites excluding steroid dienone is 1. The fourth-order valence-electron chi connectivity index (χ4n) is 5.61. The van der Waals surface area contributed by atoms with Crippen LogP contribution in [0.5, 0.6) is 0 Å². The molecule has 8 nitrogen and oxygen atoms in total. The van der Waals surface area contributed by atoms with E-state index >= 15 is 0 Å². The number of hydrogen-bond donors (Lipinski definition) is 3. The number of halogens is 3. The molecule has 3 aromatic rings. The van der Waals surface area contributed by atoms with Crippen LogP contribution in [0.4, 0.5) is 13.2 Å². The topological polar surface area (TPSA) is 117 Å². The van der Waals surface area contributed by atoms with Crippen molar-refractivity contribution in [2.24, 2.45) is 17.0 Å². The third-order valence-corrected chi connectivity index (χ3v) is 9.05. The van der Waals surface area contributed by atoms with Crippen molar-refractivity contribution in [1.29, 1.82) is 5.53 Å². The van der Waals surface area contributed by atoms with E-state index in [1.54, 1.807) is 29.8 Å². The summed E-state index contributed by atoms with van der Waals surface area (Å²) in [6, 6.07) is 12.4. The van der Waals surface area contributed by atoms with Gasteiger partial charge in [0.2, 0.25) is 0 Å². The second-order valence-electron chi connectivity index (χ2n) is 10.6. The average molecular weight is 586 g/mol. The Morgan fingerprint density at radius 1 is 1.27 bits per heavy atom. The Morgan fingerprint density at radius 3 is 2.73 bits per heavy atom. The summed E-state index contributed by atoms with van der Waals surface area (Å²) in [5, 5.41) is 16.4. The van der Waals surface area contributed by atoms with Gasteiger partial charge >= 0.3 is 12.1 Å². The molecule has 0 spiro atoms. The molecule has 12 heteroatoms. The van der Waals surface area contributed by atoms with Crippen molar-refractivity contribution in [3.05, 3.63) is 94.6 Å². The Balaban J connectivity index is 1.45. The minimum Gasteiger partial charge on any atom is -0.593 e. The predicted molar refractivity (Wildman–Crippen MR) is 147 cm³/mol. The lowest BCUT2D eigenvalue weighted by molar-refractivity contribution is -0.137. The maximum absolute atomic E-state index is 13.6. The lowest BCUT2D eigenvalue weighted by Crippen LogP contribution is -2.33. The smallest absolute Gasteiger partial charge is 0.416 e. The van der Waals surface area contributed by atoms with Crippen molar-refractivity contribution in [1.82, 2.24) is 14.2 Å². The van der Waals surface area contributed by atoms with E-state index in [9.17, 15) is 27.6 Å². The van der Waals surface area contributed by atoms with Gasteiger partial charge in [-0.05, 0) is 48.6 Å². The molecule has 216 valence electrons. The van der Waals surface area contributed by atoms with Crippen LogP contribution in [0.25, 0.3) is 5.69 Å². The van der Waals surface area contributed by atoms with Crippen molar-refractivity contribution in [2.45, 2.75) is 43.3 Å². The molecule has 2 unspecified atom stereocenters. The first-order valence-electron chi connectivity index (χ1n) is 13.2. The maximum Gasteiger partial charge on any atom is 0.416 e. The molecule has 0 saturated heterocycles. The van der Waals surface area contributed by atoms with Gasteiger partial charge in [0.1, 0.15) is 0 Å². The van der Waals surface area contributed by atoms with Gasteiger partial charge in [0.05, 0.1) is 34.7 Å². The third-order valence-electron chi connectivity index (χ3n) is 7.55. The van der Waals surface area contributed by atoms with E-state index < -0.39 is 29.1 Å². The van der Waals surface area contributed by atoms with Crippen molar-refractivity contribution < 1.29 is 27.6 Å². The third kappa shape index (κ3) is 5.90. The number of carboxylic acid groups (broad SMARTS) is 1. The Kier molecular flexibility index (Phi) is 8.00. The number of alkyl halides is 3. The molecule has 41 heavy (non-hydrogen) atoms. The minimum atomic E-state index is -4.53. The normalized spacial score (nSPS) is 23.0. The number of fused-ring (bicyclic) bond motifs is 1. The van der Waals surface area contributed by atoms with Gasteiger partial charge < -0.3 is 19.5 Å².